The summed E-state index contributed by atoms with van der Waals surface area (Å²) in [5.74, 6) is -0.637. The van der Waals surface area contributed by atoms with Gasteiger partial charge in [0.25, 0.3) is 0 Å². The number of halogens is 2. The molecule has 0 saturated carbocycles. The molecular weight excluding hydrogens is 315 g/mol. The van der Waals surface area contributed by atoms with E-state index in [1.165, 1.54) is 18.2 Å². The van der Waals surface area contributed by atoms with Gasteiger partial charge in [-0.05, 0) is 34.1 Å². The molecule has 1 heterocycles. The van der Waals surface area contributed by atoms with Crippen molar-refractivity contribution in [2.24, 2.45) is 0 Å². The topological polar surface area (TPSA) is 72.9 Å². The molecule has 0 unspecified atom stereocenters. The highest BCUT2D eigenvalue weighted by Crippen LogP contribution is 2.19. The molecule has 2 rings (SSSR count). The average Bonchev–Trinajstić information content (AvgIpc) is 2.76. The van der Waals surface area contributed by atoms with E-state index in [9.17, 15) is 9.18 Å². The van der Waals surface area contributed by atoms with Crippen LogP contribution in [0.4, 0.5) is 15.8 Å². The zero-order valence-corrected chi connectivity index (χ0v) is 11.5. The third-order valence-corrected chi connectivity index (χ3v) is 2.87. The molecule has 0 aliphatic rings. The van der Waals surface area contributed by atoms with Gasteiger partial charge in [0.2, 0.25) is 5.91 Å². The Bertz CT molecular complexity index is 599. The van der Waals surface area contributed by atoms with E-state index in [2.05, 4.69) is 26.3 Å². The van der Waals surface area contributed by atoms with Crippen molar-refractivity contribution in [1.82, 2.24) is 9.78 Å². The molecule has 0 aliphatic heterocycles. The number of nitrogens with zero attached hydrogens (tertiary/aromatic N) is 2. The van der Waals surface area contributed by atoms with Gasteiger partial charge < -0.3 is 11.1 Å². The van der Waals surface area contributed by atoms with Crippen LogP contribution in [-0.2, 0) is 11.3 Å². The van der Waals surface area contributed by atoms with E-state index >= 15 is 0 Å². The maximum atomic E-state index is 12.8. The highest BCUT2D eigenvalue weighted by atomic mass is 79.9. The molecule has 0 saturated heterocycles. The molecule has 5 nitrogen and oxygen atoms in total. The van der Waals surface area contributed by atoms with Crippen LogP contribution in [0, 0.1) is 5.82 Å². The van der Waals surface area contributed by atoms with Crippen molar-refractivity contribution < 1.29 is 9.18 Å². The molecule has 2 aromatic rings. The van der Waals surface area contributed by atoms with Crippen LogP contribution in [0.5, 0.6) is 0 Å². The quantitative estimate of drug-likeness (QED) is 0.847. The molecular formula is C12H12BrFN4O. The number of hydrogen-bond acceptors (Lipinski definition) is 3. The number of carbonyl (C=O) groups is 1. The normalized spacial score (nSPS) is 10.4. The van der Waals surface area contributed by atoms with Gasteiger partial charge in [0.1, 0.15) is 5.82 Å². The van der Waals surface area contributed by atoms with Crippen LogP contribution in [0.25, 0.3) is 0 Å². The third kappa shape index (κ3) is 3.78. The molecule has 0 spiro atoms. The van der Waals surface area contributed by atoms with Gasteiger partial charge in [-0.2, -0.15) is 5.10 Å². The molecule has 0 aliphatic carbocycles. The largest absolute Gasteiger partial charge is 0.397 e. The molecule has 19 heavy (non-hydrogen) atoms. The summed E-state index contributed by atoms with van der Waals surface area (Å²) in [6.07, 6.45) is 3.68. The van der Waals surface area contributed by atoms with E-state index in [-0.39, 0.29) is 18.0 Å². The van der Waals surface area contributed by atoms with Crippen molar-refractivity contribution in [2.45, 2.75) is 13.0 Å². The van der Waals surface area contributed by atoms with E-state index in [4.69, 9.17) is 5.73 Å². The number of amides is 1. The van der Waals surface area contributed by atoms with E-state index in [0.29, 0.717) is 12.2 Å². The van der Waals surface area contributed by atoms with Crippen LogP contribution in [-0.4, -0.2) is 15.7 Å². The van der Waals surface area contributed by atoms with Gasteiger partial charge in [0.15, 0.2) is 0 Å². The molecule has 0 radical (unpaired) electrons. The summed E-state index contributed by atoms with van der Waals surface area (Å²) in [4.78, 5) is 11.7. The predicted octanol–water partition coefficient (Wildman–Crippen LogP) is 2.40. The lowest BCUT2D eigenvalue weighted by Crippen LogP contribution is -2.15. The summed E-state index contributed by atoms with van der Waals surface area (Å²) in [6, 6.07) is 3.85. The fourth-order valence-corrected chi connectivity index (χ4v) is 1.86. The molecule has 1 aromatic carbocycles. The minimum Gasteiger partial charge on any atom is -0.397 e. The lowest BCUT2D eigenvalue weighted by molar-refractivity contribution is -0.116. The van der Waals surface area contributed by atoms with Crippen LogP contribution in [0.1, 0.15) is 6.42 Å². The van der Waals surface area contributed by atoms with Gasteiger partial charge in [-0.3, -0.25) is 9.48 Å². The number of aryl methyl sites for hydroxylation is 1. The van der Waals surface area contributed by atoms with E-state index in [0.717, 1.165) is 4.47 Å². The summed E-state index contributed by atoms with van der Waals surface area (Å²) in [7, 11) is 0. The van der Waals surface area contributed by atoms with Crippen LogP contribution in [0.2, 0.25) is 0 Å². The van der Waals surface area contributed by atoms with Crippen molar-refractivity contribution in [3.8, 4) is 0 Å². The first-order valence-corrected chi connectivity index (χ1v) is 6.37. The number of anilines is 2. The summed E-state index contributed by atoms with van der Waals surface area (Å²) >= 11 is 3.27. The summed E-state index contributed by atoms with van der Waals surface area (Å²) in [6.45, 7) is 0.457. The molecule has 1 aromatic heterocycles. The second-order valence-corrected chi connectivity index (χ2v) is 4.87. The number of aromatic nitrogens is 2. The molecule has 3 N–H and O–H groups in total. The van der Waals surface area contributed by atoms with Gasteiger partial charge in [-0.25, -0.2) is 4.39 Å². The van der Waals surface area contributed by atoms with Crippen molar-refractivity contribution in [2.75, 3.05) is 11.1 Å². The van der Waals surface area contributed by atoms with E-state index in [1.54, 1.807) is 17.1 Å². The highest BCUT2D eigenvalue weighted by molar-refractivity contribution is 9.10. The maximum absolute atomic E-state index is 12.8. The first-order valence-electron chi connectivity index (χ1n) is 5.57. The lowest BCUT2D eigenvalue weighted by Gasteiger charge is -2.08. The smallest absolute Gasteiger partial charge is 0.226 e. The van der Waals surface area contributed by atoms with Crippen LogP contribution >= 0.6 is 15.9 Å². The number of nitrogens with two attached hydrogens (primary N) is 1. The number of nitrogen functional groups attached to an aromatic ring is 1. The second kappa shape index (κ2) is 5.83. The van der Waals surface area contributed by atoms with Crippen LogP contribution < -0.4 is 11.1 Å². The highest BCUT2D eigenvalue weighted by Gasteiger charge is 2.06. The Morgan fingerprint density at radius 3 is 2.95 bits per heavy atom. The van der Waals surface area contributed by atoms with Crippen molar-refractivity contribution in [1.29, 1.82) is 0 Å². The van der Waals surface area contributed by atoms with Crippen molar-refractivity contribution in [3.63, 3.8) is 0 Å². The maximum Gasteiger partial charge on any atom is 0.226 e. The Labute approximate surface area is 117 Å². The summed E-state index contributed by atoms with van der Waals surface area (Å²) in [5.41, 5.74) is 6.22. The molecule has 100 valence electrons. The number of carbonyl (C=O) groups excluding carboxylic acids is 1. The fraction of sp³-hybridized carbons (Fsp3) is 0.167. The summed E-state index contributed by atoms with van der Waals surface area (Å²) < 4.78 is 15.4. The minimum atomic E-state index is -0.433. The van der Waals surface area contributed by atoms with Crippen molar-refractivity contribution >= 4 is 33.2 Å². The van der Waals surface area contributed by atoms with Gasteiger partial charge in [0.05, 0.1) is 22.0 Å². The lowest BCUT2D eigenvalue weighted by atomic mass is 10.2. The number of benzene rings is 1. The van der Waals surface area contributed by atoms with Gasteiger partial charge >= 0.3 is 0 Å². The standard InChI is InChI=1S/C12H12BrFN4O/c13-8-6-16-18(7-8)4-3-12(19)17-11-2-1-9(14)5-10(11)15/h1-2,5-7H,3-4,15H2,(H,17,19). The van der Waals surface area contributed by atoms with E-state index in [1.807, 2.05) is 0 Å². The van der Waals surface area contributed by atoms with Crippen LogP contribution in [0.3, 0.4) is 0 Å². The Morgan fingerprint density at radius 2 is 2.32 bits per heavy atom. The molecule has 7 heteroatoms. The number of nitrogens with one attached hydrogen (secondary N) is 1. The monoisotopic (exact) mass is 326 g/mol. The fourth-order valence-electron chi connectivity index (χ4n) is 1.54. The van der Waals surface area contributed by atoms with Gasteiger partial charge in [0, 0.05) is 19.2 Å². The first kappa shape index (κ1) is 13.5. The van der Waals surface area contributed by atoms with Gasteiger partial charge in [-0.15, -0.1) is 0 Å². The zero-order chi connectivity index (χ0) is 13.8. The Kier molecular flexibility index (Phi) is 4.16. The third-order valence-electron chi connectivity index (χ3n) is 2.46. The van der Waals surface area contributed by atoms with Gasteiger partial charge in [-0.1, -0.05) is 0 Å². The second-order valence-electron chi connectivity index (χ2n) is 3.95. The van der Waals surface area contributed by atoms with Crippen molar-refractivity contribution in [3.05, 3.63) is 40.9 Å². The molecule has 1 amide bonds. The zero-order valence-electron chi connectivity index (χ0n) is 9.94. The van der Waals surface area contributed by atoms with E-state index < -0.39 is 5.82 Å². The minimum absolute atomic E-state index is 0.204. The van der Waals surface area contributed by atoms with Crippen LogP contribution in [0.15, 0.2) is 35.1 Å². The molecule has 0 bridgehead atoms. The predicted molar refractivity (Wildman–Crippen MR) is 74.0 cm³/mol. The number of rotatable bonds is 4. The molecule has 0 fully saturated rings. The Hall–Kier alpha value is -1.89. The first-order chi connectivity index (χ1) is 9.04. The summed E-state index contributed by atoms with van der Waals surface area (Å²) in [5, 5.41) is 6.67. The molecule has 0 atom stereocenters. The number of hydrogen-bond donors (Lipinski definition) is 2. The average molecular weight is 327 g/mol. The Balaban J connectivity index is 1.90. The Morgan fingerprint density at radius 1 is 1.53 bits per heavy atom. The SMILES string of the molecule is Nc1cc(F)ccc1NC(=O)CCn1cc(Br)cn1.